The maximum Gasteiger partial charge on any atom is 0.241 e. The summed E-state index contributed by atoms with van der Waals surface area (Å²) in [5.74, 6) is 0.767. The minimum atomic E-state index is -0.0947. The number of rotatable bonds is 2. The van der Waals surface area contributed by atoms with E-state index in [-0.39, 0.29) is 17.5 Å². The first-order valence-corrected chi connectivity index (χ1v) is 6.43. The molecule has 0 aromatic rings. The number of carbonyl (C=O) groups excluding carboxylic acids is 1. The lowest BCUT2D eigenvalue weighted by atomic mass is 10.0. The van der Waals surface area contributed by atoms with Crippen LogP contribution >= 0.6 is 0 Å². The standard InChI is InChI=1S/C13H27N3O/c1-10-8-15(6)11(7-14-5)12(17)16(9-10)13(2,3)4/h10-11,14H,7-9H2,1-6H3. The normalized spacial score (nSPS) is 28.4. The second-order valence-corrected chi connectivity index (χ2v) is 6.24. The Balaban J connectivity index is 2.96. The predicted octanol–water partition coefficient (Wildman–Crippen LogP) is 0.783. The fourth-order valence-electron chi connectivity index (χ4n) is 2.49. The van der Waals surface area contributed by atoms with Gasteiger partial charge in [-0.05, 0) is 40.8 Å². The van der Waals surface area contributed by atoms with Crippen molar-refractivity contribution in [3.05, 3.63) is 0 Å². The van der Waals surface area contributed by atoms with Crippen LogP contribution in [0.25, 0.3) is 0 Å². The molecule has 2 unspecified atom stereocenters. The lowest BCUT2D eigenvalue weighted by molar-refractivity contribution is -0.139. The molecule has 1 heterocycles. The highest BCUT2D eigenvalue weighted by Crippen LogP contribution is 2.22. The third kappa shape index (κ3) is 3.42. The van der Waals surface area contributed by atoms with Crippen molar-refractivity contribution >= 4 is 5.91 Å². The Morgan fingerprint density at radius 2 is 1.94 bits per heavy atom. The fraction of sp³-hybridized carbons (Fsp3) is 0.923. The van der Waals surface area contributed by atoms with Crippen LogP contribution in [0.5, 0.6) is 0 Å². The van der Waals surface area contributed by atoms with E-state index in [1.54, 1.807) is 0 Å². The van der Waals surface area contributed by atoms with Crippen molar-refractivity contribution in [1.29, 1.82) is 0 Å². The van der Waals surface area contributed by atoms with Gasteiger partial charge in [-0.3, -0.25) is 9.69 Å². The molecule has 100 valence electrons. The molecule has 1 aliphatic rings. The van der Waals surface area contributed by atoms with Crippen molar-refractivity contribution in [2.75, 3.05) is 33.7 Å². The lowest BCUT2D eigenvalue weighted by Gasteiger charge is -2.37. The van der Waals surface area contributed by atoms with Crippen molar-refractivity contribution in [2.45, 2.75) is 39.3 Å². The van der Waals surface area contributed by atoms with Crippen molar-refractivity contribution < 1.29 is 4.79 Å². The van der Waals surface area contributed by atoms with E-state index in [2.05, 4.69) is 37.9 Å². The third-order valence-corrected chi connectivity index (χ3v) is 3.38. The molecule has 0 aliphatic carbocycles. The maximum atomic E-state index is 12.6. The topological polar surface area (TPSA) is 35.6 Å². The van der Waals surface area contributed by atoms with Gasteiger partial charge in [0.25, 0.3) is 0 Å². The molecule has 1 aliphatic heterocycles. The second kappa shape index (κ2) is 5.36. The van der Waals surface area contributed by atoms with Crippen LogP contribution in [-0.4, -0.2) is 61.0 Å². The van der Waals surface area contributed by atoms with Crippen molar-refractivity contribution in [3.63, 3.8) is 0 Å². The minimum absolute atomic E-state index is 0.0378. The molecule has 1 rings (SSSR count). The predicted molar refractivity (Wildman–Crippen MR) is 71.0 cm³/mol. The van der Waals surface area contributed by atoms with E-state index in [1.807, 2.05) is 19.0 Å². The SMILES string of the molecule is CNCC1C(=O)N(C(C)(C)C)CC(C)CN1C. The molecule has 0 aromatic heterocycles. The molecule has 1 N–H and O–H groups in total. The van der Waals surface area contributed by atoms with E-state index in [9.17, 15) is 4.79 Å². The number of nitrogens with one attached hydrogen (secondary N) is 1. The molecule has 1 amide bonds. The smallest absolute Gasteiger partial charge is 0.241 e. The summed E-state index contributed by atoms with van der Waals surface area (Å²) in [6, 6.07) is -0.0378. The highest BCUT2D eigenvalue weighted by atomic mass is 16.2. The average molecular weight is 241 g/mol. The third-order valence-electron chi connectivity index (χ3n) is 3.38. The molecular formula is C13H27N3O. The van der Waals surface area contributed by atoms with Gasteiger partial charge in [-0.1, -0.05) is 6.92 Å². The van der Waals surface area contributed by atoms with Gasteiger partial charge in [-0.25, -0.2) is 0 Å². The molecule has 17 heavy (non-hydrogen) atoms. The van der Waals surface area contributed by atoms with Gasteiger partial charge in [0, 0.05) is 25.2 Å². The number of hydrogen-bond acceptors (Lipinski definition) is 3. The summed E-state index contributed by atoms with van der Waals surface area (Å²) in [5.41, 5.74) is -0.0947. The number of carbonyl (C=O) groups is 1. The molecule has 0 saturated carbocycles. The first-order chi connectivity index (χ1) is 7.77. The molecular weight excluding hydrogens is 214 g/mol. The van der Waals surface area contributed by atoms with Crippen LogP contribution in [0, 0.1) is 5.92 Å². The van der Waals surface area contributed by atoms with Crippen LogP contribution in [0.4, 0.5) is 0 Å². The Hall–Kier alpha value is -0.610. The van der Waals surface area contributed by atoms with Gasteiger partial charge in [0.05, 0.1) is 0 Å². The highest BCUT2D eigenvalue weighted by molar-refractivity contribution is 5.83. The van der Waals surface area contributed by atoms with Crippen LogP contribution in [-0.2, 0) is 4.79 Å². The van der Waals surface area contributed by atoms with Gasteiger partial charge in [0.2, 0.25) is 5.91 Å². The van der Waals surface area contributed by atoms with E-state index >= 15 is 0 Å². The summed E-state index contributed by atoms with van der Waals surface area (Å²) in [4.78, 5) is 16.8. The zero-order valence-electron chi connectivity index (χ0n) is 12.1. The Morgan fingerprint density at radius 1 is 1.35 bits per heavy atom. The fourth-order valence-corrected chi connectivity index (χ4v) is 2.49. The van der Waals surface area contributed by atoms with Gasteiger partial charge in [0.1, 0.15) is 6.04 Å². The van der Waals surface area contributed by atoms with Gasteiger partial charge >= 0.3 is 0 Å². The summed E-state index contributed by atoms with van der Waals surface area (Å²) in [6.45, 7) is 11.1. The van der Waals surface area contributed by atoms with E-state index in [0.29, 0.717) is 12.5 Å². The van der Waals surface area contributed by atoms with Crippen LogP contribution in [0.15, 0.2) is 0 Å². The first-order valence-electron chi connectivity index (χ1n) is 6.43. The average Bonchev–Trinajstić information content (AvgIpc) is 2.28. The number of likely N-dealkylation sites (N-methyl/N-ethyl adjacent to an activating group) is 2. The molecule has 0 spiro atoms. The van der Waals surface area contributed by atoms with Crippen molar-refractivity contribution in [3.8, 4) is 0 Å². The molecule has 4 nitrogen and oxygen atoms in total. The lowest BCUT2D eigenvalue weighted by Crippen LogP contribution is -2.54. The quantitative estimate of drug-likeness (QED) is 0.776. The van der Waals surface area contributed by atoms with E-state index in [0.717, 1.165) is 13.1 Å². The summed E-state index contributed by atoms with van der Waals surface area (Å²) in [7, 11) is 3.94. The summed E-state index contributed by atoms with van der Waals surface area (Å²) >= 11 is 0. The zero-order chi connectivity index (χ0) is 13.2. The Labute approximate surface area is 105 Å². The van der Waals surface area contributed by atoms with E-state index in [1.165, 1.54) is 0 Å². The van der Waals surface area contributed by atoms with Crippen LogP contribution in [0.2, 0.25) is 0 Å². The van der Waals surface area contributed by atoms with Gasteiger partial charge in [0.15, 0.2) is 0 Å². The Kier molecular flexibility index (Phi) is 4.55. The van der Waals surface area contributed by atoms with Gasteiger partial charge in [-0.2, -0.15) is 0 Å². The molecule has 1 saturated heterocycles. The van der Waals surface area contributed by atoms with Crippen molar-refractivity contribution in [2.24, 2.45) is 5.92 Å². The maximum absolute atomic E-state index is 12.6. The zero-order valence-corrected chi connectivity index (χ0v) is 12.1. The molecule has 2 atom stereocenters. The number of amides is 1. The monoisotopic (exact) mass is 241 g/mol. The summed E-state index contributed by atoms with van der Waals surface area (Å²) in [5, 5.41) is 3.12. The van der Waals surface area contributed by atoms with Crippen LogP contribution < -0.4 is 5.32 Å². The second-order valence-electron chi connectivity index (χ2n) is 6.24. The Bertz CT molecular complexity index is 272. The molecule has 0 aromatic carbocycles. The van der Waals surface area contributed by atoms with E-state index < -0.39 is 0 Å². The molecule has 1 fully saturated rings. The molecule has 4 heteroatoms. The molecule has 0 radical (unpaired) electrons. The van der Waals surface area contributed by atoms with Gasteiger partial charge in [-0.15, -0.1) is 0 Å². The number of hydrogen-bond donors (Lipinski definition) is 1. The van der Waals surface area contributed by atoms with E-state index in [4.69, 9.17) is 0 Å². The van der Waals surface area contributed by atoms with Crippen LogP contribution in [0.1, 0.15) is 27.7 Å². The summed E-state index contributed by atoms with van der Waals surface area (Å²) in [6.07, 6.45) is 0. The van der Waals surface area contributed by atoms with Crippen molar-refractivity contribution in [1.82, 2.24) is 15.1 Å². The summed E-state index contributed by atoms with van der Waals surface area (Å²) < 4.78 is 0. The van der Waals surface area contributed by atoms with Gasteiger partial charge < -0.3 is 10.2 Å². The largest absolute Gasteiger partial charge is 0.336 e. The highest BCUT2D eigenvalue weighted by Gasteiger charge is 2.37. The Morgan fingerprint density at radius 3 is 2.41 bits per heavy atom. The minimum Gasteiger partial charge on any atom is -0.336 e. The number of nitrogens with zero attached hydrogens (tertiary/aromatic N) is 2. The molecule has 0 bridgehead atoms. The first kappa shape index (κ1) is 14.5. The van der Waals surface area contributed by atoms with Crippen LogP contribution in [0.3, 0.4) is 0 Å².